The number of hydrogen-bond donors (Lipinski definition) is 1. The minimum Gasteiger partial charge on any atom is -0.399 e. The Balaban J connectivity index is 2.08. The van der Waals surface area contributed by atoms with E-state index in [-0.39, 0.29) is 0 Å². The van der Waals surface area contributed by atoms with Crippen molar-refractivity contribution in [2.24, 2.45) is 0 Å². The Kier molecular flexibility index (Phi) is 4.36. The molecule has 0 bridgehead atoms. The summed E-state index contributed by atoms with van der Waals surface area (Å²) >= 11 is 1.81. The molecule has 2 heteroatoms. The third kappa shape index (κ3) is 3.23. The van der Waals surface area contributed by atoms with Crippen LogP contribution in [0.25, 0.3) is 11.1 Å². The van der Waals surface area contributed by atoms with Crippen LogP contribution in [0.1, 0.15) is 36.5 Å². The topological polar surface area (TPSA) is 26.0 Å². The molecule has 2 aliphatic rings. The van der Waals surface area contributed by atoms with Crippen molar-refractivity contribution < 1.29 is 0 Å². The van der Waals surface area contributed by atoms with Gasteiger partial charge in [-0.1, -0.05) is 43.8 Å². The summed E-state index contributed by atoms with van der Waals surface area (Å²) in [6.45, 7) is 8.92. The van der Waals surface area contributed by atoms with Gasteiger partial charge in [0.2, 0.25) is 0 Å². The van der Waals surface area contributed by atoms with Crippen LogP contribution < -0.4 is 5.73 Å². The molecule has 23 heavy (non-hydrogen) atoms. The van der Waals surface area contributed by atoms with E-state index in [1.165, 1.54) is 37.6 Å². The van der Waals surface area contributed by atoms with Crippen molar-refractivity contribution in [3.8, 4) is 11.1 Å². The third-order valence-corrected chi connectivity index (χ3v) is 5.53. The number of anilines is 1. The molecule has 118 valence electrons. The molecule has 0 heterocycles. The van der Waals surface area contributed by atoms with Gasteiger partial charge in [0.1, 0.15) is 0 Å². The number of hydrogen-bond acceptors (Lipinski definition) is 2. The molecule has 1 aromatic carbocycles. The van der Waals surface area contributed by atoms with Gasteiger partial charge in [-0.15, -0.1) is 0 Å². The highest BCUT2D eigenvalue weighted by Crippen LogP contribution is 2.41. The number of benzene rings is 1. The van der Waals surface area contributed by atoms with Gasteiger partial charge in [-0.05, 0) is 77.9 Å². The average Bonchev–Trinajstić information content (AvgIpc) is 2.71. The molecule has 0 saturated heterocycles. The lowest BCUT2D eigenvalue weighted by molar-refractivity contribution is 0.868. The molecule has 3 rings (SSSR count). The lowest BCUT2D eigenvalue weighted by atomic mass is 10.0. The van der Waals surface area contributed by atoms with Gasteiger partial charge < -0.3 is 5.73 Å². The first-order chi connectivity index (χ1) is 11.0. The molecule has 1 aromatic rings. The van der Waals surface area contributed by atoms with E-state index in [4.69, 9.17) is 5.73 Å². The lowest BCUT2D eigenvalue weighted by Crippen LogP contribution is -1.84. The van der Waals surface area contributed by atoms with E-state index >= 15 is 0 Å². The smallest absolute Gasteiger partial charge is 0.0314 e. The molecule has 2 N–H and O–H groups in total. The minimum atomic E-state index is 0.535. The quantitative estimate of drug-likeness (QED) is 0.576. The third-order valence-electron chi connectivity index (χ3n) is 4.38. The van der Waals surface area contributed by atoms with Crippen LogP contribution in [-0.4, -0.2) is 0 Å². The van der Waals surface area contributed by atoms with Gasteiger partial charge in [-0.2, -0.15) is 0 Å². The van der Waals surface area contributed by atoms with Gasteiger partial charge in [0.15, 0.2) is 0 Å². The van der Waals surface area contributed by atoms with Crippen molar-refractivity contribution >= 4 is 17.4 Å². The first kappa shape index (κ1) is 15.9. The molecule has 0 radical (unpaired) electrons. The van der Waals surface area contributed by atoms with Crippen LogP contribution >= 0.6 is 11.8 Å². The van der Waals surface area contributed by atoms with E-state index in [2.05, 4.69) is 64.1 Å². The molecule has 0 spiro atoms. The molecule has 0 atom stereocenters. The van der Waals surface area contributed by atoms with E-state index in [0.29, 0.717) is 5.92 Å². The molecule has 2 aliphatic carbocycles. The molecular weight excluding hydrogens is 298 g/mol. The Morgan fingerprint density at radius 1 is 0.870 bits per heavy atom. The zero-order valence-corrected chi connectivity index (χ0v) is 15.0. The Morgan fingerprint density at radius 3 is 2.22 bits per heavy atom. The maximum absolute atomic E-state index is 5.78. The highest BCUT2D eigenvalue weighted by atomic mass is 32.2. The van der Waals surface area contributed by atoms with Crippen molar-refractivity contribution in [1.82, 2.24) is 0 Å². The summed E-state index contributed by atoms with van der Waals surface area (Å²) < 4.78 is 0. The molecule has 1 nitrogen and oxygen atoms in total. The highest BCUT2D eigenvalue weighted by Gasteiger charge is 2.16. The molecule has 0 fully saturated rings. The van der Waals surface area contributed by atoms with E-state index in [0.717, 1.165) is 5.69 Å². The second-order valence-electron chi connectivity index (χ2n) is 6.45. The van der Waals surface area contributed by atoms with Crippen LogP contribution in [0.4, 0.5) is 5.69 Å². The maximum Gasteiger partial charge on any atom is 0.0314 e. The molecule has 0 aromatic heterocycles. The van der Waals surface area contributed by atoms with Crippen LogP contribution in [0, 0.1) is 13.8 Å². The molecule has 0 unspecified atom stereocenters. The second kappa shape index (κ2) is 6.29. The van der Waals surface area contributed by atoms with Gasteiger partial charge in [0.25, 0.3) is 0 Å². The molecule has 0 saturated carbocycles. The number of rotatable bonds is 3. The van der Waals surface area contributed by atoms with Crippen molar-refractivity contribution in [1.29, 1.82) is 0 Å². The summed E-state index contributed by atoms with van der Waals surface area (Å²) in [4.78, 5) is 2.55. The predicted molar refractivity (Wildman–Crippen MR) is 102 cm³/mol. The number of fused-ring (bicyclic) bond motifs is 1. The van der Waals surface area contributed by atoms with Crippen LogP contribution in [0.15, 0.2) is 58.3 Å². The maximum atomic E-state index is 5.78. The lowest BCUT2D eigenvalue weighted by Gasteiger charge is -2.04. The second-order valence-corrected chi connectivity index (χ2v) is 7.56. The average molecular weight is 321 g/mol. The normalized spacial score (nSPS) is 11.3. The standard InChI is InChI=1S/C21H23NS/c1-13(2)16-6-5-14(3)19-12-21(15(4)20(19)11-16)23-18-9-7-17(22)8-10-18/h5-13H,22H2,1-4H3. The predicted octanol–water partition coefficient (Wildman–Crippen LogP) is 6.27. The minimum absolute atomic E-state index is 0.535. The Bertz CT molecular complexity index is 803. The van der Waals surface area contributed by atoms with Crippen molar-refractivity contribution in [3.05, 3.63) is 65.2 Å². The Hall–Kier alpha value is -1.93. The van der Waals surface area contributed by atoms with Crippen molar-refractivity contribution in [2.75, 3.05) is 5.73 Å². The fourth-order valence-corrected chi connectivity index (χ4v) is 3.78. The number of aryl methyl sites for hydroxylation is 1. The first-order valence-electron chi connectivity index (χ1n) is 8.03. The number of nitrogen functional groups attached to an aromatic ring is 1. The first-order valence-corrected chi connectivity index (χ1v) is 8.84. The molecular formula is C21H23NS. The van der Waals surface area contributed by atoms with Gasteiger partial charge in [0, 0.05) is 15.5 Å². The van der Waals surface area contributed by atoms with Gasteiger partial charge in [-0.25, -0.2) is 0 Å². The Labute approximate surface area is 143 Å². The summed E-state index contributed by atoms with van der Waals surface area (Å²) in [5.41, 5.74) is 13.4. The van der Waals surface area contributed by atoms with Crippen LogP contribution in [-0.2, 0) is 0 Å². The zero-order chi connectivity index (χ0) is 16.6. The van der Waals surface area contributed by atoms with Gasteiger partial charge in [-0.3, -0.25) is 0 Å². The van der Waals surface area contributed by atoms with E-state index in [9.17, 15) is 0 Å². The van der Waals surface area contributed by atoms with Crippen molar-refractivity contribution in [2.45, 2.75) is 43.4 Å². The zero-order valence-electron chi connectivity index (χ0n) is 14.2. The van der Waals surface area contributed by atoms with Crippen LogP contribution in [0.5, 0.6) is 0 Å². The van der Waals surface area contributed by atoms with E-state index in [1.54, 1.807) is 0 Å². The summed E-state index contributed by atoms with van der Waals surface area (Å²) in [6, 6.07) is 17.3. The monoisotopic (exact) mass is 321 g/mol. The summed E-state index contributed by atoms with van der Waals surface area (Å²) in [7, 11) is 0. The fraction of sp³-hybridized carbons (Fsp3) is 0.238. The highest BCUT2D eigenvalue weighted by molar-refractivity contribution is 7.99. The van der Waals surface area contributed by atoms with Crippen molar-refractivity contribution in [3.63, 3.8) is 0 Å². The summed E-state index contributed by atoms with van der Waals surface area (Å²) in [6.07, 6.45) is 0. The van der Waals surface area contributed by atoms with Gasteiger partial charge in [0.05, 0.1) is 0 Å². The largest absolute Gasteiger partial charge is 0.399 e. The SMILES string of the molecule is Cc1ccc(C(C)C)cc2c(C)c(Sc3ccc(N)cc3)cc1-2. The summed E-state index contributed by atoms with van der Waals surface area (Å²) in [5.74, 6) is 0.535. The molecule has 0 aliphatic heterocycles. The van der Waals surface area contributed by atoms with Crippen LogP contribution in [0.3, 0.4) is 0 Å². The van der Waals surface area contributed by atoms with Gasteiger partial charge >= 0.3 is 0 Å². The summed E-state index contributed by atoms with van der Waals surface area (Å²) in [5, 5.41) is 0. The van der Waals surface area contributed by atoms with E-state index in [1.807, 2.05) is 23.9 Å². The molecule has 0 amide bonds. The Morgan fingerprint density at radius 2 is 1.57 bits per heavy atom. The number of nitrogens with two attached hydrogens (primary N) is 1. The fourth-order valence-electron chi connectivity index (χ4n) is 2.82. The van der Waals surface area contributed by atoms with E-state index < -0.39 is 0 Å². The van der Waals surface area contributed by atoms with Crippen LogP contribution in [0.2, 0.25) is 0 Å².